The van der Waals surface area contributed by atoms with Gasteiger partial charge < -0.3 is 30.4 Å². The Morgan fingerprint density at radius 3 is 2.60 bits per heavy atom. The lowest BCUT2D eigenvalue weighted by Crippen LogP contribution is -2.61. The lowest BCUT2D eigenvalue weighted by molar-refractivity contribution is -0.211. The maximum atomic E-state index is 13.8. The van der Waals surface area contributed by atoms with E-state index in [0.29, 0.717) is 44.6 Å². The Balaban J connectivity index is 1.57. The topological polar surface area (TPSA) is 178 Å². The number of nitrogen functional groups attached to an aromatic ring is 1. The van der Waals surface area contributed by atoms with Crippen molar-refractivity contribution in [3.63, 3.8) is 0 Å². The van der Waals surface area contributed by atoms with E-state index in [-0.39, 0.29) is 24.2 Å². The number of unbranched alkanes of at least 4 members (excludes halogenated alkanes) is 1. The summed E-state index contributed by atoms with van der Waals surface area (Å²) >= 11 is 0. The fraction of sp³-hybridized carbons (Fsp3) is 0.694. The number of Topliss-reactive ketones (excluding diaryl/α,β-unsaturated/α-hetero) is 1. The number of carbonyl (C=O) groups excluding carboxylic acids is 2. The second kappa shape index (κ2) is 16.7. The second-order valence-corrected chi connectivity index (χ2v) is 14.5. The molecular weight excluding hydrogens is 637 g/mol. The molecule has 2 aliphatic heterocycles. The minimum absolute atomic E-state index is 0.0808. The Bertz CT molecular complexity index is 1500. The summed E-state index contributed by atoms with van der Waals surface area (Å²) in [5, 5.41) is 33.3. The maximum Gasteiger partial charge on any atom is 0.410 e. The number of carbonyl (C=O) groups is 2. The first kappa shape index (κ1) is 39.3. The summed E-state index contributed by atoms with van der Waals surface area (Å²) in [6.45, 7) is 13.0. The van der Waals surface area contributed by atoms with Crippen molar-refractivity contribution in [2.24, 2.45) is 17.8 Å². The Kier molecular flexibility index (Phi) is 13.1. The fourth-order valence-electron chi connectivity index (χ4n) is 7.78. The van der Waals surface area contributed by atoms with Crippen LogP contribution in [0.1, 0.15) is 73.6 Å². The van der Waals surface area contributed by atoms with Crippen LogP contribution in [0.2, 0.25) is 5.82 Å². The number of nitrogens with two attached hydrogens (primary N) is 1. The van der Waals surface area contributed by atoms with Crippen LogP contribution in [0.3, 0.4) is 0 Å². The number of nitriles is 1. The third-order valence-corrected chi connectivity index (χ3v) is 10.7. The number of amides is 1. The number of anilines is 1. The largest absolute Gasteiger partial charge is 0.438 e. The van der Waals surface area contributed by atoms with Gasteiger partial charge in [-0.25, -0.2) is 4.79 Å². The van der Waals surface area contributed by atoms with Crippen molar-refractivity contribution in [1.82, 2.24) is 25.2 Å². The van der Waals surface area contributed by atoms with Crippen LogP contribution in [0.15, 0.2) is 30.5 Å². The molecule has 2 aromatic rings. The molecule has 0 bridgehead atoms. The molecule has 0 aliphatic carbocycles. The zero-order valence-corrected chi connectivity index (χ0v) is 30.5. The van der Waals surface area contributed by atoms with E-state index in [1.807, 2.05) is 64.2 Å². The average molecular weight is 692 g/mol. The summed E-state index contributed by atoms with van der Waals surface area (Å²) in [6.07, 6.45) is 1.05. The molecule has 10 atom stereocenters. The second-order valence-electron chi connectivity index (χ2n) is 14.5. The summed E-state index contributed by atoms with van der Waals surface area (Å²) in [4.78, 5) is 29.2. The molecule has 13 nitrogen and oxygen atoms in total. The molecule has 2 fully saturated rings. The van der Waals surface area contributed by atoms with E-state index in [1.165, 1.54) is 0 Å². The molecule has 14 heteroatoms. The van der Waals surface area contributed by atoms with Crippen LogP contribution in [-0.4, -0.2) is 101 Å². The molecular formula is C36H54BN7O6. The van der Waals surface area contributed by atoms with Crippen LogP contribution in [0.4, 0.5) is 10.5 Å². The van der Waals surface area contributed by atoms with Gasteiger partial charge in [0.05, 0.1) is 37.7 Å². The molecule has 272 valence electrons. The molecule has 2 saturated heterocycles. The third-order valence-electron chi connectivity index (χ3n) is 10.7. The number of ether oxygens (including phenoxy) is 3. The van der Waals surface area contributed by atoms with Crippen LogP contribution >= 0.6 is 0 Å². The third kappa shape index (κ3) is 8.50. The lowest BCUT2D eigenvalue weighted by Gasteiger charge is -2.42. The Morgan fingerprint density at radius 1 is 1.22 bits per heavy atom. The predicted octanol–water partition coefficient (Wildman–Crippen LogP) is 4.12. The molecule has 0 saturated carbocycles. The molecule has 50 heavy (non-hydrogen) atoms. The van der Waals surface area contributed by atoms with Gasteiger partial charge in [0.15, 0.2) is 11.9 Å². The first-order chi connectivity index (χ1) is 23.7. The highest BCUT2D eigenvalue weighted by Crippen LogP contribution is 2.41. The van der Waals surface area contributed by atoms with Gasteiger partial charge in [-0.15, -0.1) is 5.10 Å². The molecule has 0 spiro atoms. The van der Waals surface area contributed by atoms with Crippen LogP contribution in [0, 0.1) is 29.1 Å². The van der Waals surface area contributed by atoms with Crippen molar-refractivity contribution < 1.29 is 28.9 Å². The molecule has 4 rings (SSSR count). The summed E-state index contributed by atoms with van der Waals surface area (Å²) < 4.78 is 20.1. The van der Waals surface area contributed by atoms with Crippen LogP contribution in [0.25, 0.3) is 11.3 Å². The van der Waals surface area contributed by atoms with Crippen molar-refractivity contribution in [3.05, 3.63) is 30.5 Å². The summed E-state index contributed by atoms with van der Waals surface area (Å²) in [5.74, 6) is -2.88. The van der Waals surface area contributed by atoms with Gasteiger partial charge in [0, 0.05) is 49.8 Å². The van der Waals surface area contributed by atoms with Gasteiger partial charge in [-0.2, -0.15) is 5.26 Å². The summed E-state index contributed by atoms with van der Waals surface area (Å²) in [5.41, 5.74) is 6.15. The smallest absolute Gasteiger partial charge is 0.410 e. The molecule has 1 unspecified atom stereocenters. The van der Waals surface area contributed by atoms with Crippen LogP contribution in [0.5, 0.6) is 0 Å². The van der Waals surface area contributed by atoms with Gasteiger partial charge in [0.1, 0.15) is 17.6 Å². The van der Waals surface area contributed by atoms with Gasteiger partial charge in [-0.1, -0.05) is 38.1 Å². The number of benzene rings is 1. The average Bonchev–Trinajstić information content (AvgIpc) is 3.67. The highest BCUT2D eigenvalue weighted by Gasteiger charge is 2.58. The van der Waals surface area contributed by atoms with Gasteiger partial charge in [-0.3, -0.25) is 14.4 Å². The maximum absolute atomic E-state index is 13.8. The van der Waals surface area contributed by atoms with E-state index in [1.54, 1.807) is 23.6 Å². The number of nitrogens with zero attached hydrogens (tertiary/aromatic N) is 5. The number of aryl methyl sites for hydroxylation is 1. The molecule has 2 aliphatic rings. The van der Waals surface area contributed by atoms with E-state index >= 15 is 0 Å². The quantitative estimate of drug-likeness (QED) is 0.196. The number of ketones is 1. The summed E-state index contributed by atoms with van der Waals surface area (Å²) in [7, 11) is 8.27. The lowest BCUT2D eigenvalue weighted by atomic mass is 9.62. The molecule has 2 radical (unpaired) electrons. The van der Waals surface area contributed by atoms with Crippen molar-refractivity contribution in [2.45, 2.75) is 122 Å². The van der Waals surface area contributed by atoms with Crippen molar-refractivity contribution >= 4 is 25.4 Å². The van der Waals surface area contributed by atoms with E-state index in [2.05, 4.69) is 22.6 Å². The first-order valence-corrected chi connectivity index (χ1v) is 17.7. The van der Waals surface area contributed by atoms with Crippen molar-refractivity contribution in [1.29, 1.82) is 5.26 Å². The molecule has 1 amide bonds. The van der Waals surface area contributed by atoms with E-state index in [0.717, 1.165) is 17.7 Å². The van der Waals surface area contributed by atoms with Gasteiger partial charge in [0.2, 0.25) is 0 Å². The van der Waals surface area contributed by atoms with E-state index in [9.17, 15) is 20.0 Å². The molecule has 1 aromatic carbocycles. The number of nitrogens with one attached hydrogen (secondary N) is 1. The first-order valence-electron chi connectivity index (χ1n) is 17.7. The number of rotatable bonds is 9. The predicted molar refractivity (Wildman–Crippen MR) is 190 cm³/mol. The number of hydrogen-bond donors (Lipinski definition) is 3. The van der Waals surface area contributed by atoms with Gasteiger partial charge in [0.25, 0.3) is 0 Å². The van der Waals surface area contributed by atoms with Crippen LogP contribution < -0.4 is 11.1 Å². The van der Waals surface area contributed by atoms with Crippen molar-refractivity contribution in [3.8, 4) is 17.3 Å². The van der Waals surface area contributed by atoms with Gasteiger partial charge in [-0.05, 0) is 76.9 Å². The van der Waals surface area contributed by atoms with Crippen molar-refractivity contribution in [2.75, 3.05) is 25.9 Å². The number of aromatic nitrogens is 3. The Morgan fingerprint density at radius 2 is 1.94 bits per heavy atom. The summed E-state index contributed by atoms with van der Waals surface area (Å²) in [6, 6.07) is 8.79. The number of aliphatic hydroxyl groups excluding tert-OH is 1. The van der Waals surface area contributed by atoms with Crippen LogP contribution in [-0.2, 0) is 25.5 Å². The fourth-order valence-corrected chi connectivity index (χ4v) is 7.78. The highest BCUT2D eigenvalue weighted by atomic mass is 16.6. The standard InChI is InChI=1S/C36H54BN7O6/c1-8-29-36(6)32(44(34(47)50-36)17-10-9-16-43-21-28(41-42-43)25-12-11-13-26(39)18-25)24(4)40-20-22(2)19-35(5,48-7)31(37)23(3)30(45)27(14-15-38)33(46)49-29/h11-13,18,21-24,27,29,31-33,40,46H,8-10,14,16-17,19-20,39H2,1-7H3/t22-,23+,24-,27-,29-,31-,32-,33?,35-,36-/m1/s1. The number of hydrogen-bond acceptors (Lipinski definition) is 11. The van der Waals surface area contributed by atoms with Gasteiger partial charge >= 0.3 is 6.09 Å². The van der Waals surface area contributed by atoms with E-state index in [4.69, 9.17) is 27.8 Å². The number of fused-ring (bicyclic) bond motifs is 1. The SMILES string of the molecule is [B][C@@H]1[C@@H](C)C(=O)[C@@H](CC#N)C(O)O[C@H](CC)[C@@]2(C)OC(=O)N(CCCCn3cc(-c4cccc(N)c4)nn3)[C@@H]2[C@@H](C)NC[C@H](C)C[C@@]1(C)OC. The zero-order chi connectivity index (χ0) is 36.8. The molecule has 3 heterocycles. The minimum atomic E-state index is -1.62. The number of aliphatic hydroxyl groups is 1. The highest BCUT2D eigenvalue weighted by molar-refractivity contribution is 6.14. The molecule has 4 N–H and O–H groups in total. The minimum Gasteiger partial charge on any atom is -0.438 e. The van der Waals surface area contributed by atoms with E-state index < -0.39 is 53.4 Å². The monoisotopic (exact) mass is 691 g/mol. The Labute approximate surface area is 297 Å². The Hall–Kier alpha value is -3.51. The normalized spacial score (nSPS) is 34.3. The number of methoxy groups -OCH3 is 1. The molecule has 1 aromatic heterocycles. The zero-order valence-electron chi connectivity index (χ0n) is 30.5.